The largest absolute Gasteiger partial charge is 0.312 e. The molecular weight excluding hydrogens is 321 g/mol. The molecule has 2 aromatic rings. The maximum atomic E-state index is 13.7. The minimum Gasteiger partial charge on any atom is -0.312 e. The predicted octanol–water partition coefficient (Wildman–Crippen LogP) is 3.08. The van der Waals surface area contributed by atoms with Crippen LogP contribution in [0, 0.1) is 11.7 Å². The molecule has 1 aromatic heterocycles. The quantitative estimate of drug-likeness (QED) is 0.910. The Labute approximate surface area is 134 Å². The van der Waals surface area contributed by atoms with Crippen LogP contribution in [0.5, 0.6) is 0 Å². The highest BCUT2D eigenvalue weighted by Crippen LogP contribution is 2.30. The van der Waals surface area contributed by atoms with Crippen molar-refractivity contribution in [1.82, 2.24) is 5.32 Å². The second kappa shape index (κ2) is 6.48. The van der Waals surface area contributed by atoms with Crippen LogP contribution in [-0.4, -0.2) is 26.5 Å². The fraction of sp³-hybridized carbons (Fsp3) is 0.375. The molecular formula is C16H18FNO2S2. The van der Waals surface area contributed by atoms with Crippen molar-refractivity contribution in [3.63, 3.8) is 0 Å². The van der Waals surface area contributed by atoms with Crippen LogP contribution >= 0.6 is 11.3 Å². The average molecular weight is 339 g/mol. The first kappa shape index (κ1) is 15.6. The van der Waals surface area contributed by atoms with Crippen molar-refractivity contribution in [3.8, 4) is 10.4 Å². The number of benzene rings is 1. The fourth-order valence-corrected chi connectivity index (χ4v) is 5.58. The van der Waals surface area contributed by atoms with Gasteiger partial charge in [0.05, 0.1) is 11.5 Å². The topological polar surface area (TPSA) is 46.2 Å². The molecule has 1 aliphatic rings. The van der Waals surface area contributed by atoms with Crippen molar-refractivity contribution in [3.05, 3.63) is 47.1 Å². The van der Waals surface area contributed by atoms with Gasteiger partial charge in [0.1, 0.15) is 5.82 Å². The highest BCUT2D eigenvalue weighted by Gasteiger charge is 2.27. The number of thiophene rings is 1. The molecule has 1 unspecified atom stereocenters. The Hall–Kier alpha value is -1.24. The van der Waals surface area contributed by atoms with Crippen LogP contribution in [0.15, 0.2) is 36.4 Å². The number of halogens is 1. The Morgan fingerprint density at radius 2 is 2.05 bits per heavy atom. The summed E-state index contributed by atoms with van der Waals surface area (Å²) >= 11 is 1.56. The van der Waals surface area contributed by atoms with Gasteiger partial charge in [-0.3, -0.25) is 0 Å². The molecule has 1 atom stereocenters. The molecule has 1 aliphatic heterocycles. The number of rotatable bonds is 5. The van der Waals surface area contributed by atoms with E-state index in [2.05, 4.69) is 5.32 Å². The monoisotopic (exact) mass is 339 g/mol. The molecule has 2 heterocycles. The molecule has 1 saturated heterocycles. The molecule has 3 rings (SSSR count). The number of hydrogen-bond acceptors (Lipinski definition) is 4. The maximum absolute atomic E-state index is 13.7. The summed E-state index contributed by atoms with van der Waals surface area (Å²) in [5.74, 6) is 0.622. The van der Waals surface area contributed by atoms with Gasteiger partial charge in [0.15, 0.2) is 9.84 Å². The molecule has 6 heteroatoms. The van der Waals surface area contributed by atoms with E-state index >= 15 is 0 Å². The van der Waals surface area contributed by atoms with Crippen molar-refractivity contribution in [1.29, 1.82) is 0 Å². The zero-order chi connectivity index (χ0) is 15.6. The first-order valence-corrected chi connectivity index (χ1v) is 9.92. The summed E-state index contributed by atoms with van der Waals surface area (Å²) in [5.41, 5.74) is 0.626. The van der Waals surface area contributed by atoms with E-state index in [-0.39, 0.29) is 11.7 Å². The van der Waals surface area contributed by atoms with Crippen LogP contribution < -0.4 is 5.32 Å². The fourth-order valence-electron chi connectivity index (χ4n) is 2.71. The highest BCUT2D eigenvalue weighted by atomic mass is 32.2. The summed E-state index contributed by atoms with van der Waals surface area (Å²) in [5, 5.41) is 3.31. The zero-order valence-electron chi connectivity index (χ0n) is 12.1. The first-order valence-electron chi connectivity index (χ1n) is 7.28. The molecule has 0 aliphatic carbocycles. The van der Waals surface area contributed by atoms with Gasteiger partial charge in [-0.25, -0.2) is 12.8 Å². The zero-order valence-corrected chi connectivity index (χ0v) is 13.7. The SMILES string of the molecule is O=S1(=O)CCC(CNCc2ccc(-c3ccccc3F)s2)C1. The van der Waals surface area contributed by atoms with E-state index in [1.807, 2.05) is 18.2 Å². The molecule has 3 nitrogen and oxygen atoms in total. The van der Waals surface area contributed by atoms with Gasteiger partial charge in [0.25, 0.3) is 0 Å². The molecule has 0 amide bonds. The normalized spacial score (nSPS) is 20.3. The van der Waals surface area contributed by atoms with Gasteiger partial charge < -0.3 is 5.32 Å². The third-order valence-electron chi connectivity index (χ3n) is 3.86. The number of hydrogen-bond donors (Lipinski definition) is 1. The molecule has 0 radical (unpaired) electrons. The predicted molar refractivity (Wildman–Crippen MR) is 88.2 cm³/mol. The lowest BCUT2D eigenvalue weighted by atomic mass is 10.1. The molecule has 1 N–H and O–H groups in total. The van der Waals surface area contributed by atoms with Gasteiger partial charge in [-0.15, -0.1) is 11.3 Å². The minimum atomic E-state index is -2.81. The van der Waals surface area contributed by atoms with Gasteiger partial charge in [-0.2, -0.15) is 0 Å². The lowest BCUT2D eigenvalue weighted by Gasteiger charge is -2.08. The average Bonchev–Trinajstić information content (AvgIpc) is 3.06. The molecule has 0 saturated carbocycles. The summed E-state index contributed by atoms with van der Waals surface area (Å²) in [6, 6.07) is 10.7. The minimum absolute atomic E-state index is 0.208. The summed E-state index contributed by atoms with van der Waals surface area (Å²) in [6.45, 7) is 1.40. The Morgan fingerprint density at radius 1 is 1.23 bits per heavy atom. The lowest BCUT2D eigenvalue weighted by Crippen LogP contribution is -2.22. The van der Waals surface area contributed by atoms with Gasteiger partial charge in [-0.1, -0.05) is 18.2 Å². The van der Waals surface area contributed by atoms with Crippen molar-refractivity contribution in [2.24, 2.45) is 5.92 Å². The Morgan fingerprint density at radius 3 is 2.77 bits per heavy atom. The highest BCUT2D eigenvalue weighted by molar-refractivity contribution is 7.91. The Kier molecular flexibility index (Phi) is 4.61. The van der Waals surface area contributed by atoms with E-state index < -0.39 is 9.84 Å². The van der Waals surface area contributed by atoms with Crippen molar-refractivity contribution < 1.29 is 12.8 Å². The van der Waals surface area contributed by atoms with Crippen LogP contribution in [0.1, 0.15) is 11.3 Å². The Bertz CT molecular complexity index is 755. The van der Waals surface area contributed by atoms with E-state index in [4.69, 9.17) is 0 Å². The summed E-state index contributed by atoms with van der Waals surface area (Å²) < 4.78 is 36.6. The van der Waals surface area contributed by atoms with Crippen LogP contribution in [0.4, 0.5) is 4.39 Å². The van der Waals surface area contributed by atoms with E-state index in [0.29, 0.717) is 30.2 Å². The molecule has 22 heavy (non-hydrogen) atoms. The van der Waals surface area contributed by atoms with Crippen LogP contribution in [0.2, 0.25) is 0 Å². The molecule has 0 bridgehead atoms. The van der Waals surface area contributed by atoms with Crippen molar-refractivity contribution in [2.45, 2.75) is 13.0 Å². The molecule has 1 aromatic carbocycles. The molecule has 0 spiro atoms. The van der Waals surface area contributed by atoms with E-state index in [9.17, 15) is 12.8 Å². The molecule has 118 valence electrons. The second-order valence-electron chi connectivity index (χ2n) is 5.65. The van der Waals surface area contributed by atoms with Gasteiger partial charge >= 0.3 is 0 Å². The van der Waals surface area contributed by atoms with Gasteiger partial charge in [0.2, 0.25) is 0 Å². The van der Waals surface area contributed by atoms with E-state index in [0.717, 1.165) is 16.2 Å². The first-order chi connectivity index (χ1) is 10.5. The van der Waals surface area contributed by atoms with Crippen LogP contribution in [0.25, 0.3) is 10.4 Å². The van der Waals surface area contributed by atoms with E-state index in [1.165, 1.54) is 6.07 Å². The summed E-state index contributed by atoms with van der Waals surface area (Å²) in [6.07, 6.45) is 0.750. The standard InChI is InChI=1S/C16H18FNO2S2/c17-15-4-2-1-3-14(15)16-6-5-13(21-16)10-18-9-12-7-8-22(19,20)11-12/h1-6,12,18H,7-11H2. The summed E-state index contributed by atoms with van der Waals surface area (Å²) in [7, 11) is -2.81. The number of nitrogens with one attached hydrogen (secondary N) is 1. The lowest BCUT2D eigenvalue weighted by molar-refractivity contribution is 0.522. The van der Waals surface area contributed by atoms with Crippen molar-refractivity contribution >= 4 is 21.2 Å². The third kappa shape index (κ3) is 3.74. The van der Waals surface area contributed by atoms with Crippen molar-refractivity contribution in [2.75, 3.05) is 18.1 Å². The van der Waals surface area contributed by atoms with Gasteiger partial charge in [0, 0.05) is 21.9 Å². The molecule has 1 fully saturated rings. The third-order valence-corrected chi connectivity index (χ3v) is 6.82. The van der Waals surface area contributed by atoms with Gasteiger partial charge in [-0.05, 0) is 37.1 Å². The van der Waals surface area contributed by atoms with E-state index in [1.54, 1.807) is 23.5 Å². The number of sulfone groups is 1. The van der Waals surface area contributed by atoms with Crippen LogP contribution in [0.3, 0.4) is 0 Å². The smallest absolute Gasteiger partial charge is 0.150 e. The maximum Gasteiger partial charge on any atom is 0.150 e. The summed E-state index contributed by atoms with van der Waals surface area (Å²) in [4.78, 5) is 2.04. The Balaban J connectivity index is 1.56. The van der Waals surface area contributed by atoms with Crippen LogP contribution in [-0.2, 0) is 16.4 Å². The second-order valence-corrected chi connectivity index (χ2v) is 9.04.